The van der Waals surface area contributed by atoms with E-state index in [0.717, 1.165) is 11.1 Å². The van der Waals surface area contributed by atoms with E-state index in [2.05, 4.69) is 16.0 Å². The molecule has 0 saturated carbocycles. The minimum atomic E-state index is -0.510. The maximum Gasteiger partial charge on any atom is 0.315 e. The molecule has 2 aromatic carbocycles. The van der Waals surface area contributed by atoms with E-state index in [1.807, 2.05) is 38.1 Å². The summed E-state index contributed by atoms with van der Waals surface area (Å²) in [4.78, 5) is 34.1. The molecule has 0 aliphatic heterocycles. The molecular weight excluding hydrogens is 360 g/mol. The smallest absolute Gasteiger partial charge is 0.315 e. The number of nitrogens with zero attached hydrogens (tertiary/aromatic N) is 1. The van der Waals surface area contributed by atoms with Crippen LogP contribution in [0.5, 0.6) is 0 Å². The Labute approximate surface area is 163 Å². The first-order valence-corrected chi connectivity index (χ1v) is 8.97. The highest BCUT2D eigenvalue weighted by Crippen LogP contribution is 2.12. The Kier molecular flexibility index (Phi) is 7.50. The summed E-state index contributed by atoms with van der Waals surface area (Å²) in [5, 5.41) is 19.0. The van der Waals surface area contributed by atoms with Gasteiger partial charge in [-0.1, -0.05) is 38.1 Å². The number of rotatable bonds is 8. The highest BCUT2D eigenvalue weighted by atomic mass is 16.6. The molecule has 28 heavy (non-hydrogen) atoms. The fourth-order valence-corrected chi connectivity index (χ4v) is 2.41. The number of amides is 3. The molecule has 0 heterocycles. The van der Waals surface area contributed by atoms with E-state index in [9.17, 15) is 19.7 Å². The van der Waals surface area contributed by atoms with Gasteiger partial charge in [-0.25, -0.2) is 4.79 Å². The fraction of sp³-hybridized carbons (Fsp3) is 0.300. The summed E-state index contributed by atoms with van der Waals surface area (Å²) in [7, 11) is 0. The lowest BCUT2D eigenvalue weighted by molar-refractivity contribution is -0.384. The summed E-state index contributed by atoms with van der Waals surface area (Å²) in [6, 6.07) is 12.7. The fourth-order valence-electron chi connectivity index (χ4n) is 2.41. The Bertz CT molecular complexity index is 834. The van der Waals surface area contributed by atoms with Gasteiger partial charge in [0.15, 0.2) is 0 Å². The topological polar surface area (TPSA) is 113 Å². The largest absolute Gasteiger partial charge is 0.348 e. The molecule has 3 N–H and O–H groups in total. The predicted octanol–water partition coefficient (Wildman–Crippen LogP) is 2.98. The molecule has 0 atom stereocenters. The van der Waals surface area contributed by atoms with Gasteiger partial charge in [0, 0.05) is 37.3 Å². The molecule has 8 heteroatoms. The minimum Gasteiger partial charge on any atom is -0.348 e. The van der Waals surface area contributed by atoms with E-state index in [0.29, 0.717) is 31.1 Å². The number of urea groups is 1. The van der Waals surface area contributed by atoms with Crippen LogP contribution in [0.4, 0.5) is 10.5 Å². The van der Waals surface area contributed by atoms with Crippen LogP contribution in [0.3, 0.4) is 0 Å². The van der Waals surface area contributed by atoms with Gasteiger partial charge in [-0.05, 0) is 29.2 Å². The van der Waals surface area contributed by atoms with Crippen molar-refractivity contribution < 1.29 is 14.5 Å². The Morgan fingerprint density at radius 2 is 1.57 bits per heavy atom. The lowest BCUT2D eigenvalue weighted by atomic mass is 10.1. The average Bonchev–Trinajstić information content (AvgIpc) is 2.69. The van der Waals surface area contributed by atoms with E-state index in [-0.39, 0.29) is 17.6 Å². The maximum atomic E-state index is 12.2. The van der Waals surface area contributed by atoms with Crippen molar-refractivity contribution in [3.63, 3.8) is 0 Å². The average molecular weight is 384 g/mol. The monoisotopic (exact) mass is 384 g/mol. The van der Waals surface area contributed by atoms with Crippen LogP contribution in [0.1, 0.15) is 35.3 Å². The van der Waals surface area contributed by atoms with Crippen molar-refractivity contribution in [1.82, 2.24) is 16.0 Å². The molecule has 0 aromatic heterocycles. The van der Waals surface area contributed by atoms with Crippen LogP contribution in [-0.4, -0.2) is 23.4 Å². The van der Waals surface area contributed by atoms with Gasteiger partial charge in [0.05, 0.1) is 4.92 Å². The zero-order chi connectivity index (χ0) is 20.5. The Hall–Kier alpha value is -3.42. The molecule has 0 bridgehead atoms. The second-order valence-electron chi connectivity index (χ2n) is 6.76. The number of carbonyl (C=O) groups excluding carboxylic acids is 2. The first-order valence-electron chi connectivity index (χ1n) is 8.97. The highest BCUT2D eigenvalue weighted by Gasteiger charge is 2.09. The van der Waals surface area contributed by atoms with Gasteiger partial charge < -0.3 is 16.0 Å². The van der Waals surface area contributed by atoms with E-state index in [1.54, 1.807) is 0 Å². The standard InChI is InChI=1S/C20H24N4O4/c1-14(2)11-22-20(26)23-13-16-5-3-4-15(10-16)12-21-19(25)17-6-8-18(9-7-17)24(27)28/h3-10,14H,11-13H2,1-2H3,(H,21,25)(H2,22,23,26). The lowest BCUT2D eigenvalue weighted by Gasteiger charge is -2.10. The third kappa shape index (κ3) is 6.71. The Morgan fingerprint density at radius 3 is 2.14 bits per heavy atom. The van der Waals surface area contributed by atoms with Gasteiger partial charge in [0.25, 0.3) is 11.6 Å². The first-order chi connectivity index (χ1) is 13.3. The zero-order valence-corrected chi connectivity index (χ0v) is 15.9. The van der Waals surface area contributed by atoms with E-state index >= 15 is 0 Å². The molecule has 0 spiro atoms. The number of nitrogens with one attached hydrogen (secondary N) is 3. The molecule has 8 nitrogen and oxygen atoms in total. The quantitative estimate of drug-likeness (QED) is 0.479. The van der Waals surface area contributed by atoms with Crippen LogP contribution in [0, 0.1) is 16.0 Å². The molecule has 0 aliphatic carbocycles. The van der Waals surface area contributed by atoms with Gasteiger partial charge in [0.1, 0.15) is 0 Å². The number of hydrogen-bond acceptors (Lipinski definition) is 4. The third-order valence-corrected chi connectivity index (χ3v) is 3.91. The Balaban J connectivity index is 1.85. The van der Waals surface area contributed by atoms with Crippen LogP contribution >= 0.6 is 0 Å². The number of carbonyl (C=O) groups is 2. The second kappa shape index (κ2) is 10.1. The molecular formula is C20H24N4O4. The third-order valence-electron chi connectivity index (χ3n) is 3.91. The van der Waals surface area contributed by atoms with Crippen LogP contribution in [-0.2, 0) is 13.1 Å². The Morgan fingerprint density at radius 1 is 0.964 bits per heavy atom. The molecule has 0 saturated heterocycles. The van der Waals surface area contributed by atoms with Crippen molar-refractivity contribution in [2.75, 3.05) is 6.54 Å². The summed E-state index contributed by atoms with van der Waals surface area (Å²) < 4.78 is 0. The summed E-state index contributed by atoms with van der Waals surface area (Å²) in [5.74, 6) is 0.0694. The maximum absolute atomic E-state index is 12.2. The van der Waals surface area contributed by atoms with Crippen LogP contribution in [0.25, 0.3) is 0 Å². The molecule has 0 unspecified atom stereocenters. The van der Waals surface area contributed by atoms with E-state index in [4.69, 9.17) is 0 Å². The van der Waals surface area contributed by atoms with E-state index in [1.165, 1.54) is 24.3 Å². The molecule has 3 amide bonds. The van der Waals surface area contributed by atoms with Crippen LogP contribution in [0.15, 0.2) is 48.5 Å². The van der Waals surface area contributed by atoms with Crippen molar-refractivity contribution in [1.29, 1.82) is 0 Å². The summed E-state index contributed by atoms with van der Waals surface area (Å²) >= 11 is 0. The molecule has 0 aliphatic rings. The van der Waals surface area contributed by atoms with Gasteiger partial charge in [-0.2, -0.15) is 0 Å². The SMILES string of the molecule is CC(C)CNC(=O)NCc1cccc(CNC(=O)c2ccc([N+](=O)[O-])cc2)c1. The molecule has 148 valence electrons. The van der Waals surface area contributed by atoms with Crippen LogP contribution < -0.4 is 16.0 Å². The molecule has 2 rings (SSSR count). The second-order valence-corrected chi connectivity index (χ2v) is 6.76. The number of nitro benzene ring substituents is 1. The number of hydrogen-bond donors (Lipinski definition) is 3. The lowest BCUT2D eigenvalue weighted by Crippen LogP contribution is -2.37. The zero-order valence-electron chi connectivity index (χ0n) is 15.9. The van der Waals surface area contributed by atoms with Crippen molar-refractivity contribution in [2.45, 2.75) is 26.9 Å². The minimum absolute atomic E-state index is 0.0609. The summed E-state index contributed by atoms with van der Waals surface area (Å²) in [6.45, 7) is 5.35. The van der Waals surface area contributed by atoms with Crippen molar-refractivity contribution in [3.05, 3.63) is 75.3 Å². The summed E-state index contributed by atoms with van der Waals surface area (Å²) in [6.07, 6.45) is 0. The molecule has 0 fully saturated rings. The highest BCUT2D eigenvalue weighted by molar-refractivity contribution is 5.94. The van der Waals surface area contributed by atoms with Crippen molar-refractivity contribution in [3.8, 4) is 0 Å². The van der Waals surface area contributed by atoms with E-state index < -0.39 is 4.92 Å². The normalized spacial score (nSPS) is 10.4. The predicted molar refractivity (Wildman–Crippen MR) is 106 cm³/mol. The van der Waals surface area contributed by atoms with Gasteiger partial charge in [0.2, 0.25) is 0 Å². The van der Waals surface area contributed by atoms with Gasteiger partial charge in [-0.3, -0.25) is 14.9 Å². The first kappa shape index (κ1) is 20.9. The van der Waals surface area contributed by atoms with Crippen LogP contribution in [0.2, 0.25) is 0 Å². The summed E-state index contributed by atoms with van der Waals surface area (Å²) in [5.41, 5.74) is 2.10. The van der Waals surface area contributed by atoms with Crippen molar-refractivity contribution >= 4 is 17.6 Å². The van der Waals surface area contributed by atoms with Gasteiger partial charge >= 0.3 is 6.03 Å². The number of nitro groups is 1. The number of non-ortho nitro benzene ring substituents is 1. The molecule has 2 aromatic rings. The number of benzene rings is 2. The van der Waals surface area contributed by atoms with Gasteiger partial charge in [-0.15, -0.1) is 0 Å². The molecule has 0 radical (unpaired) electrons. The van der Waals surface area contributed by atoms with Crippen molar-refractivity contribution in [2.24, 2.45) is 5.92 Å².